The van der Waals surface area contributed by atoms with E-state index in [9.17, 15) is 14.0 Å². The number of carbonyl (C=O) groups is 2. The van der Waals surface area contributed by atoms with Crippen molar-refractivity contribution < 1.29 is 14.0 Å². The fraction of sp³-hybridized carbons (Fsp3) is 0.125. The Morgan fingerprint density at radius 1 is 1.24 bits per heavy atom. The van der Waals surface area contributed by atoms with Crippen molar-refractivity contribution in [2.75, 3.05) is 5.32 Å². The number of hydrogen-bond acceptors (Lipinski definition) is 2. The molecule has 3 rings (SSSR count). The molecule has 0 saturated heterocycles. The first-order valence-corrected chi connectivity index (χ1v) is 6.76. The minimum atomic E-state index is -0.587. The fourth-order valence-electron chi connectivity index (χ4n) is 2.38. The second kappa shape index (κ2) is 4.97. The third-order valence-electron chi connectivity index (χ3n) is 3.43. The predicted octanol–water partition coefficient (Wildman–Crippen LogP) is 3.51. The smallest absolute Gasteiger partial charge is 0.228 e. The molecule has 0 fully saturated rings. The molecule has 1 heterocycles. The van der Waals surface area contributed by atoms with Crippen LogP contribution in [0.5, 0.6) is 0 Å². The highest BCUT2D eigenvalue weighted by Gasteiger charge is 2.23. The lowest BCUT2D eigenvalue weighted by molar-refractivity contribution is -0.115. The molecule has 0 atom stereocenters. The maximum Gasteiger partial charge on any atom is 0.228 e. The van der Waals surface area contributed by atoms with E-state index >= 15 is 0 Å². The molecule has 1 N–H and O–H groups in total. The quantitative estimate of drug-likeness (QED) is 0.863. The van der Waals surface area contributed by atoms with Crippen LogP contribution in [0, 0.1) is 12.7 Å². The van der Waals surface area contributed by atoms with Crippen molar-refractivity contribution in [1.29, 1.82) is 0 Å². The van der Waals surface area contributed by atoms with Crippen molar-refractivity contribution in [3.63, 3.8) is 0 Å². The summed E-state index contributed by atoms with van der Waals surface area (Å²) in [5.74, 6) is -1.22. The van der Waals surface area contributed by atoms with Crippen molar-refractivity contribution in [2.24, 2.45) is 0 Å². The second-order valence-corrected chi connectivity index (χ2v) is 5.43. The van der Waals surface area contributed by atoms with Crippen molar-refractivity contribution in [1.82, 2.24) is 0 Å². The number of ketones is 1. The van der Waals surface area contributed by atoms with Crippen molar-refractivity contribution in [3.8, 4) is 0 Å². The standard InChI is InChI=1S/C16H11ClFNO2/c1-8-2-3-13(18)11(4-8)16(21)10-5-9-6-15(20)19-14(9)7-12(10)17/h2-5,7H,6H2,1H3,(H,19,20). The van der Waals surface area contributed by atoms with E-state index < -0.39 is 11.6 Å². The van der Waals surface area contributed by atoms with E-state index in [1.807, 2.05) is 0 Å². The van der Waals surface area contributed by atoms with Crippen LogP contribution in [0.1, 0.15) is 27.0 Å². The number of halogens is 2. The summed E-state index contributed by atoms with van der Waals surface area (Å²) in [5.41, 5.74) is 2.27. The molecular formula is C16H11ClFNO2. The number of rotatable bonds is 2. The number of hydrogen-bond donors (Lipinski definition) is 1. The summed E-state index contributed by atoms with van der Waals surface area (Å²) in [5, 5.41) is 2.85. The summed E-state index contributed by atoms with van der Waals surface area (Å²) in [6.45, 7) is 1.78. The molecule has 0 bridgehead atoms. The van der Waals surface area contributed by atoms with Crippen LogP contribution >= 0.6 is 11.6 Å². The van der Waals surface area contributed by atoms with E-state index in [0.29, 0.717) is 11.3 Å². The summed E-state index contributed by atoms with van der Waals surface area (Å²) in [6.07, 6.45) is 0.198. The van der Waals surface area contributed by atoms with Crippen LogP contribution in [-0.4, -0.2) is 11.7 Å². The number of amides is 1. The zero-order valence-corrected chi connectivity index (χ0v) is 11.9. The van der Waals surface area contributed by atoms with Gasteiger partial charge in [0.1, 0.15) is 5.82 Å². The third kappa shape index (κ3) is 2.43. The van der Waals surface area contributed by atoms with Gasteiger partial charge >= 0.3 is 0 Å². The van der Waals surface area contributed by atoms with Crippen LogP contribution in [-0.2, 0) is 11.2 Å². The monoisotopic (exact) mass is 303 g/mol. The summed E-state index contributed by atoms with van der Waals surface area (Å²) in [6, 6.07) is 7.43. The molecule has 0 unspecified atom stereocenters. The molecule has 0 aromatic heterocycles. The zero-order chi connectivity index (χ0) is 15.1. The molecule has 3 nitrogen and oxygen atoms in total. The fourth-order valence-corrected chi connectivity index (χ4v) is 2.63. The molecule has 5 heteroatoms. The molecule has 106 valence electrons. The molecule has 1 aliphatic heterocycles. The number of aryl methyl sites for hydroxylation is 1. The molecule has 0 spiro atoms. The Balaban J connectivity index is 2.09. The van der Waals surface area contributed by atoms with Gasteiger partial charge in [-0.3, -0.25) is 9.59 Å². The normalized spacial score (nSPS) is 13.0. The minimum absolute atomic E-state index is 0.0193. The Morgan fingerprint density at radius 2 is 2.00 bits per heavy atom. The Labute approximate surface area is 125 Å². The maximum absolute atomic E-state index is 13.8. The van der Waals surface area contributed by atoms with E-state index in [-0.39, 0.29) is 28.5 Å². The number of carbonyl (C=O) groups excluding carboxylic acids is 2. The van der Waals surface area contributed by atoms with Gasteiger partial charge in [-0.25, -0.2) is 4.39 Å². The van der Waals surface area contributed by atoms with Gasteiger partial charge in [0, 0.05) is 11.3 Å². The molecule has 1 amide bonds. The van der Waals surface area contributed by atoms with Crippen LogP contribution in [0.3, 0.4) is 0 Å². The van der Waals surface area contributed by atoms with E-state index in [1.165, 1.54) is 18.2 Å². The van der Waals surface area contributed by atoms with Gasteiger partial charge in [-0.05, 0) is 36.8 Å². The lowest BCUT2D eigenvalue weighted by Crippen LogP contribution is -2.06. The summed E-state index contributed by atoms with van der Waals surface area (Å²) in [7, 11) is 0. The van der Waals surface area contributed by atoms with Gasteiger partial charge in [0.15, 0.2) is 5.78 Å². The first kappa shape index (κ1) is 13.8. The van der Waals surface area contributed by atoms with Crippen LogP contribution in [0.25, 0.3) is 0 Å². The summed E-state index contributed by atoms with van der Waals surface area (Å²) >= 11 is 6.10. The summed E-state index contributed by atoms with van der Waals surface area (Å²) in [4.78, 5) is 23.9. The molecule has 21 heavy (non-hydrogen) atoms. The van der Waals surface area contributed by atoms with Crippen LogP contribution in [0.2, 0.25) is 5.02 Å². The maximum atomic E-state index is 13.8. The molecule has 2 aromatic rings. The Hall–Kier alpha value is -2.20. The van der Waals surface area contributed by atoms with Gasteiger partial charge < -0.3 is 5.32 Å². The largest absolute Gasteiger partial charge is 0.325 e. The number of fused-ring (bicyclic) bond motifs is 1. The van der Waals surface area contributed by atoms with Crippen molar-refractivity contribution in [3.05, 3.63) is 63.4 Å². The van der Waals surface area contributed by atoms with Gasteiger partial charge in [0.2, 0.25) is 5.91 Å². The zero-order valence-electron chi connectivity index (χ0n) is 11.2. The van der Waals surface area contributed by atoms with E-state index in [1.54, 1.807) is 19.1 Å². The highest BCUT2D eigenvalue weighted by Crippen LogP contribution is 2.31. The lowest BCUT2D eigenvalue weighted by atomic mass is 9.98. The van der Waals surface area contributed by atoms with Crippen LogP contribution < -0.4 is 5.32 Å². The Bertz CT molecular complexity index is 786. The number of benzene rings is 2. The predicted molar refractivity (Wildman–Crippen MR) is 78.4 cm³/mol. The van der Waals surface area contributed by atoms with Crippen molar-refractivity contribution in [2.45, 2.75) is 13.3 Å². The lowest BCUT2D eigenvalue weighted by Gasteiger charge is -2.08. The molecule has 1 aliphatic rings. The third-order valence-corrected chi connectivity index (χ3v) is 3.74. The van der Waals surface area contributed by atoms with Gasteiger partial charge in [-0.1, -0.05) is 23.2 Å². The molecule has 0 radical (unpaired) electrons. The molecule has 0 saturated carbocycles. The van der Waals surface area contributed by atoms with E-state index in [4.69, 9.17) is 11.6 Å². The molecule has 2 aromatic carbocycles. The Kier molecular flexibility index (Phi) is 3.26. The first-order valence-electron chi connectivity index (χ1n) is 6.39. The molecular weight excluding hydrogens is 293 g/mol. The second-order valence-electron chi connectivity index (χ2n) is 5.03. The minimum Gasteiger partial charge on any atom is -0.325 e. The van der Waals surface area contributed by atoms with Crippen LogP contribution in [0.15, 0.2) is 30.3 Å². The van der Waals surface area contributed by atoms with Gasteiger partial charge in [0.25, 0.3) is 0 Å². The highest BCUT2D eigenvalue weighted by atomic mass is 35.5. The van der Waals surface area contributed by atoms with E-state index in [0.717, 1.165) is 5.56 Å². The SMILES string of the molecule is Cc1ccc(F)c(C(=O)c2cc3c(cc2Cl)NC(=O)C3)c1. The topological polar surface area (TPSA) is 46.2 Å². The van der Waals surface area contributed by atoms with Gasteiger partial charge in [0.05, 0.1) is 17.0 Å². The van der Waals surface area contributed by atoms with E-state index in [2.05, 4.69) is 5.32 Å². The van der Waals surface area contributed by atoms with Gasteiger partial charge in [-0.15, -0.1) is 0 Å². The van der Waals surface area contributed by atoms with Gasteiger partial charge in [-0.2, -0.15) is 0 Å². The van der Waals surface area contributed by atoms with Crippen LogP contribution in [0.4, 0.5) is 10.1 Å². The molecule has 0 aliphatic carbocycles. The first-order chi connectivity index (χ1) is 9.95. The average molecular weight is 304 g/mol. The highest BCUT2D eigenvalue weighted by molar-refractivity contribution is 6.35. The Morgan fingerprint density at radius 3 is 2.76 bits per heavy atom. The van der Waals surface area contributed by atoms with Crippen molar-refractivity contribution >= 4 is 29.0 Å². The summed E-state index contributed by atoms with van der Waals surface area (Å²) < 4.78 is 13.8. The number of nitrogens with one attached hydrogen (secondary N) is 1. The number of anilines is 1. The average Bonchev–Trinajstić information content (AvgIpc) is 2.79.